The van der Waals surface area contributed by atoms with E-state index in [0.717, 1.165) is 83.4 Å². The van der Waals surface area contributed by atoms with Gasteiger partial charge in [0.1, 0.15) is 42.5 Å². The van der Waals surface area contributed by atoms with Crippen LogP contribution < -0.4 is 30.7 Å². The minimum absolute atomic E-state index is 0.0392. The van der Waals surface area contributed by atoms with Crippen LogP contribution in [0.1, 0.15) is 142 Å². The highest BCUT2D eigenvalue weighted by molar-refractivity contribution is 6.08. The van der Waals surface area contributed by atoms with E-state index >= 15 is 4.79 Å². The largest absolute Gasteiger partial charge is 0.493 e. The van der Waals surface area contributed by atoms with Gasteiger partial charge in [0.2, 0.25) is 5.91 Å². The summed E-state index contributed by atoms with van der Waals surface area (Å²) in [5.74, 6) is -10.1. The molecule has 3 fully saturated rings. The van der Waals surface area contributed by atoms with Crippen LogP contribution in [0, 0.1) is 0 Å². The number of rotatable bonds is 28. The van der Waals surface area contributed by atoms with Crippen LogP contribution in [0.15, 0.2) is 53.9 Å². The van der Waals surface area contributed by atoms with Gasteiger partial charge < -0.3 is 102 Å². The first-order valence-electron chi connectivity index (χ1n) is 32.2. The van der Waals surface area contributed by atoms with Gasteiger partial charge in [0.15, 0.2) is 60.6 Å². The van der Waals surface area contributed by atoms with Crippen LogP contribution in [-0.4, -0.2) is 223 Å². The Bertz CT molecular complexity index is 3850. The number of ether oxygens (including phenoxy) is 12. The van der Waals surface area contributed by atoms with E-state index in [4.69, 9.17) is 56.8 Å². The van der Waals surface area contributed by atoms with Gasteiger partial charge in [0, 0.05) is 113 Å². The lowest BCUT2D eigenvalue weighted by atomic mass is 9.97. The molecule has 7 heterocycles. The molecule has 5 amide bonds. The fourth-order valence-electron chi connectivity index (χ4n) is 11.9. The number of methoxy groups -OCH3 is 1. The van der Waals surface area contributed by atoms with Crippen molar-refractivity contribution in [3.05, 3.63) is 71.6 Å². The molecule has 4 N–H and O–H groups in total. The van der Waals surface area contributed by atoms with Gasteiger partial charge >= 0.3 is 47.8 Å². The lowest BCUT2D eigenvalue weighted by Gasteiger charge is -2.45. The summed E-state index contributed by atoms with van der Waals surface area (Å²) < 4.78 is 72.8. The maximum atomic E-state index is 15.4. The van der Waals surface area contributed by atoms with Gasteiger partial charge in [-0.15, -0.1) is 0 Å². The third kappa shape index (κ3) is 19.6. The van der Waals surface area contributed by atoms with Crippen molar-refractivity contribution in [3.63, 3.8) is 0 Å². The molecule has 35 heteroatoms. The van der Waals surface area contributed by atoms with Gasteiger partial charge in [0.05, 0.1) is 48.1 Å². The number of fused-ring (bicyclic) bond motifs is 2. The topological polar surface area (TPSA) is 414 Å². The first-order valence-corrected chi connectivity index (χ1v) is 32.2. The van der Waals surface area contributed by atoms with Crippen molar-refractivity contribution in [2.75, 3.05) is 76.6 Å². The van der Waals surface area contributed by atoms with E-state index in [1.54, 1.807) is 23.2 Å². The number of carbonyl (C=O) groups excluding carboxylic acids is 13. The van der Waals surface area contributed by atoms with Crippen molar-refractivity contribution in [3.8, 4) is 11.5 Å². The van der Waals surface area contributed by atoms with E-state index in [2.05, 4.69) is 26.3 Å². The summed E-state index contributed by atoms with van der Waals surface area (Å²) in [5.41, 5.74) is -0.164. The molecule has 0 saturated carbocycles. The van der Waals surface area contributed by atoms with Gasteiger partial charge in [-0.3, -0.25) is 67.3 Å². The van der Waals surface area contributed by atoms with Crippen molar-refractivity contribution in [2.45, 2.75) is 155 Å². The van der Waals surface area contributed by atoms with Crippen LogP contribution in [0.5, 0.6) is 11.5 Å². The van der Waals surface area contributed by atoms with E-state index < -0.39 is 152 Å². The first-order chi connectivity index (χ1) is 47.9. The van der Waals surface area contributed by atoms with Crippen molar-refractivity contribution >= 4 is 106 Å². The lowest BCUT2D eigenvalue weighted by molar-refractivity contribution is -0.268. The van der Waals surface area contributed by atoms with Crippen molar-refractivity contribution in [1.82, 2.24) is 28.8 Å². The second-order valence-electron chi connectivity index (χ2n) is 24.3. The number of benzene rings is 1. The molecule has 0 spiro atoms. The highest BCUT2D eigenvalue weighted by Gasteiger charge is 2.55. The summed E-state index contributed by atoms with van der Waals surface area (Å²) in [5, 5.41) is 11.0. The fraction of sp³-hybridized carbons (Fsp3) is 0.515. The fourth-order valence-corrected chi connectivity index (χ4v) is 11.9. The van der Waals surface area contributed by atoms with Crippen LogP contribution in [-0.2, 0) is 97.6 Å². The molecule has 4 aliphatic heterocycles. The number of hydrogen-bond donors (Lipinski definition) is 4. The molecule has 35 nitrogen and oxygen atoms in total. The van der Waals surface area contributed by atoms with Gasteiger partial charge in [-0.25, -0.2) is 0 Å². The Morgan fingerprint density at radius 3 is 1.53 bits per heavy atom. The first kappa shape index (κ1) is 76.1. The molecule has 0 radical (unpaired) electrons. The standard InChI is InChI=1S/C66H82N10O25/c1-33(77)92-31-52-55(94-35(3)79)57(96-37(5)81)59(98-39(7)83)65(100-52)75-29-42(23-48(75)61(86)67-18-15-19-72(9)10)71-63(88)49-24-43(30-76(49)66-60(99-40(8)84)58(97-38(6)82)56(95-36(4)80)53(101-66)32-93-34(2)78)70-62(87)47-22-41(28-73(47)11)69-54(85)17-14-21-91-51-26-46-45(25-50(51)90-12)64(89)74-20-13-16-44(74)27-68-46/h22-30,44,52-53,55-60,65-66H,13-21,31-32H2,1-12H3,(H,67,86)(H,69,85)(H,70,87)(H,71,88)/t44-,52-,53-,55-,56-,57+,58+,59-,60-,65+,66+/m1/s1. The number of amides is 5. The van der Waals surface area contributed by atoms with Gasteiger partial charge in [-0.05, 0) is 70.6 Å². The van der Waals surface area contributed by atoms with Gasteiger partial charge in [-0.1, -0.05) is 0 Å². The Balaban J connectivity index is 1.14. The zero-order valence-electron chi connectivity index (χ0n) is 57.7. The Labute approximate surface area is 578 Å². The zero-order chi connectivity index (χ0) is 73.7. The lowest BCUT2D eigenvalue weighted by Crippen LogP contribution is -2.60. The predicted molar refractivity (Wildman–Crippen MR) is 349 cm³/mol. The van der Waals surface area contributed by atoms with Crippen LogP contribution >= 0.6 is 0 Å². The Morgan fingerprint density at radius 2 is 1.04 bits per heavy atom. The quantitative estimate of drug-likeness (QED) is 0.0359. The van der Waals surface area contributed by atoms with Crippen LogP contribution in [0.25, 0.3) is 0 Å². The predicted octanol–water partition coefficient (Wildman–Crippen LogP) is 3.45. The van der Waals surface area contributed by atoms with Crippen LogP contribution in [0.3, 0.4) is 0 Å². The number of aromatic nitrogens is 3. The molecule has 0 aliphatic carbocycles. The summed E-state index contributed by atoms with van der Waals surface area (Å²) in [6, 6.07) is 6.82. The monoisotopic (exact) mass is 1410 g/mol. The second-order valence-corrected chi connectivity index (χ2v) is 24.3. The molecule has 101 heavy (non-hydrogen) atoms. The van der Waals surface area contributed by atoms with Crippen molar-refractivity contribution in [1.29, 1.82) is 0 Å². The average molecular weight is 1420 g/mol. The number of anilines is 3. The maximum Gasteiger partial charge on any atom is 0.303 e. The van der Waals surface area contributed by atoms with Crippen LogP contribution in [0.2, 0.25) is 0 Å². The minimum Gasteiger partial charge on any atom is -0.493 e. The van der Waals surface area contributed by atoms with Crippen molar-refractivity contribution < 1.29 is 119 Å². The molecular weight excluding hydrogens is 1330 g/mol. The minimum atomic E-state index is -1.83. The zero-order valence-corrected chi connectivity index (χ0v) is 57.7. The molecular formula is C66H82N10O25. The van der Waals surface area contributed by atoms with Gasteiger partial charge in [0.25, 0.3) is 23.6 Å². The number of aliphatic imine (C=N–C) groups is 1. The maximum absolute atomic E-state index is 15.4. The third-order valence-electron chi connectivity index (χ3n) is 16.0. The summed E-state index contributed by atoms with van der Waals surface area (Å²) in [4.78, 5) is 181. The van der Waals surface area contributed by atoms with E-state index in [9.17, 15) is 57.5 Å². The summed E-state index contributed by atoms with van der Waals surface area (Å²) in [6.07, 6.45) is -9.05. The third-order valence-corrected chi connectivity index (χ3v) is 16.0. The highest BCUT2D eigenvalue weighted by atomic mass is 16.7. The number of hydrogen-bond acceptors (Lipinski definition) is 27. The molecule has 3 saturated heterocycles. The Morgan fingerprint density at radius 1 is 0.564 bits per heavy atom. The SMILES string of the molecule is COc1cc2c(cc1OCCCC(=O)Nc1cc(C(=O)Nc3cc(C(=O)Nc4cc(C(=O)NCCCN(C)C)n([C@H]5O[C@H](COC(C)=O)[C@@H](OC(C)=O)[C@H](OC(C)=O)[C@H]5OC(C)=O)c4)n([C@H]4O[C@H](COC(C)=O)[C@@H](OC(C)=O)[C@H](OC(C)=O)[C@H]4OC(C)=O)c3)n(C)c1)N=C[C@H]1CCCN1C2=O. The van der Waals surface area contributed by atoms with E-state index in [-0.39, 0.29) is 66.4 Å². The average Bonchev–Trinajstić information content (AvgIpc) is 1.73. The van der Waals surface area contributed by atoms with Crippen LogP contribution in [0.4, 0.5) is 22.7 Å². The Kier molecular flexibility index (Phi) is 25.6. The number of aryl methyl sites for hydroxylation is 1. The summed E-state index contributed by atoms with van der Waals surface area (Å²) in [6.45, 7) is 8.23. The smallest absolute Gasteiger partial charge is 0.303 e. The second kappa shape index (κ2) is 33.9. The number of esters is 8. The number of carbonyl (C=O) groups is 13. The van der Waals surface area contributed by atoms with Gasteiger partial charge in [-0.2, -0.15) is 0 Å². The molecule has 4 aromatic rings. The summed E-state index contributed by atoms with van der Waals surface area (Å²) in [7, 11) is 6.60. The number of nitrogens with one attached hydrogen (secondary N) is 4. The molecule has 0 bridgehead atoms. The van der Waals surface area contributed by atoms with E-state index in [1.165, 1.54) is 49.4 Å². The van der Waals surface area contributed by atoms with Crippen molar-refractivity contribution in [2.24, 2.45) is 12.0 Å². The molecule has 8 rings (SSSR count). The molecule has 3 aromatic heterocycles. The Hall–Kier alpha value is -10.7. The molecule has 546 valence electrons. The molecule has 11 atom stereocenters. The molecule has 1 aromatic carbocycles. The normalized spacial score (nSPS) is 22.0. The van der Waals surface area contributed by atoms with E-state index in [0.29, 0.717) is 42.3 Å². The molecule has 0 unspecified atom stereocenters. The number of nitrogens with zero attached hydrogens (tertiary/aromatic N) is 6. The van der Waals surface area contributed by atoms with E-state index in [1.807, 2.05) is 19.0 Å². The molecule has 4 aliphatic rings. The highest BCUT2D eigenvalue weighted by Crippen LogP contribution is 2.41. The summed E-state index contributed by atoms with van der Waals surface area (Å²) >= 11 is 0.